The second-order valence-electron chi connectivity index (χ2n) is 6.60. The van der Waals surface area contributed by atoms with E-state index in [0.717, 1.165) is 0 Å². The zero-order chi connectivity index (χ0) is 18.1. The van der Waals surface area contributed by atoms with Gasteiger partial charge < -0.3 is 9.84 Å². The summed E-state index contributed by atoms with van der Waals surface area (Å²) >= 11 is 0. The fourth-order valence-electron chi connectivity index (χ4n) is 2.91. The summed E-state index contributed by atoms with van der Waals surface area (Å²) in [4.78, 5) is 13.9. The molecule has 134 valence electrons. The van der Waals surface area contributed by atoms with Gasteiger partial charge in [-0.1, -0.05) is 60.7 Å². The van der Waals surface area contributed by atoms with Gasteiger partial charge in [0.15, 0.2) is 0 Å². The normalized spacial score (nSPS) is 13.4. The van der Waals surface area contributed by atoms with Crippen LogP contribution in [-0.2, 0) is 22.6 Å². The lowest BCUT2D eigenvalue weighted by atomic mass is 10.0. The first-order chi connectivity index (χ1) is 12.0. The summed E-state index contributed by atoms with van der Waals surface area (Å²) in [6, 6.07) is 20.3. The van der Waals surface area contributed by atoms with Crippen LogP contribution in [0.1, 0.15) is 31.4 Å². The van der Waals surface area contributed by atoms with Gasteiger partial charge in [0, 0.05) is 19.6 Å². The van der Waals surface area contributed by atoms with E-state index in [1.807, 2.05) is 36.4 Å². The number of esters is 1. The molecule has 0 aliphatic rings. The van der Waals surface area contributed by atoms with Crippen LogP contribution in [0.25, 0.3) is 0 Å². The summed E-state index contributed by atoms with van der Waals surface area (Å²) in [6.07, 6.45) is -0.0130. The van der Waals surface area contributed by atoms with Crippen LogP contribution in [0.4, 0.5) is 0 Å². The van der Waals surface area contributed by atoms with Crippen LogP contribution >= 0.6 is 0 Å². The van der Waals surface area contributed by atoms with Gasteiger partial charge in [0.05, 0.1) is 18.6 Å². The maximum atomic E-state index is 11.8. The molecule has 0 fully saturated rings. The lowest BCUT2D eigenvalue weighted by Crippen LogP contribution is -2.42. The van der Waals surface area contributed by atoms with Gasteiger partial charge in [0.1, 0.15) is 0 Å². The molecule has 2 aromatic rings. The van der Waals surface area contributed by atoms with Crippen LogP contribution in [0.5, 0.6) is 0 Å². The predicted octanol–water partition coefficient (Wildman–Crippen LogP) is 3.39. The van der Waals surface area contributed by atoms with Crippen LogP contribution in [0.2, 0.25) is 0 Å². The van der Waals surface area contributed by atoms with Gasteiger partial charge in [-0.25, -0.2) is 0 Å². The van der Waals surface area contributed by atoms with Crippen molar-refractivity contribution in [2.24, 2.45) is 0 Å². The minimum atomic E-state index is -1.14. The summed E-state index contributed by atoms with van der Waals surface area (Å²) in [5.74, 6) is -0.369. The molecule has 0 radical (unpaired) electrons. The fourth-order valence-corrected chi connectivity index (χ4v) is 2.91. The van der Waals surface area contributed by atoms with Crippen molar-refractivity contribution in [2.75, 3.05) is 13.2 Å². The Morgan fingerprint density at radius 2 is 1.48 bits per heavy atom. The van der Waals surface area contributed by atoms with Crippen LogP contribution in [0.3, 0.4) is 0 Å². The van der Waals surface area contributed by atoms with Crippen LogP contribution in [0, 0.1) is 0 Å². The van der Waals surface area contributed by atoms with Crippen molar-refractivity contribution >= 4 is 5.97 Å². The highest BCUT2D eigenvalue weighted by Gasteiger charge is 2.28. The average molecular weight is 341 g/mol. The number of benzene rings is 2. The molecule has 4 nitrogen and oxygen atoms in total. The highest BCUT2D eigenvalue weighted by Crippen LogP contribution is 2.17. The Balaban J connectivity index is 2.08. The Hall–Kier alpha value is -2.17. The number of carbonyl (C=O) groups excluding carboxylic acids is 1. The smallest absolute Gasteiger partial charge is 0.308 e. The molecule has 0 aromatic heterocycles. The largest absolute Gasteiger partial charge is 0.466 e. The second-order valence-corrected chi connectivity index (χ2v) is 6.60. The second kappa shape index (κ2) is 9.35. The lowest BCUT2D eigenvalue weighted by molar-refractivity contribution is -0.148. The maximum absolute atomic E-state index is 11.8. The molecular formula is C21H27NO3. The minimum absolute atomic E-state index is 0.0130. The van der Waals surface area contributed by atoms with E-state index in [1.165, 1.54) is 11.1 Å². The summed E-state index contributed by atoms with van der Waals surface area (Å²) < 4.78 is 4.98. The Morgan fingerprint density at radius 1 is 1.00 bits per heavy atom. The molecule has 1 unspecified atom stereocenters. The predicted molar refractivity (Wildman–Crippen MR) is 98.9 cm³/mol. The first kappa shape index (κ1) is 19.2. The quantitative estimate of drug-likeness (QED) is 0.710. The van der Waals surface area contributed by atoms with E-state index >= 15 is 0 Å². The van der Waals surface area contributed by atoms with Crippen molar-refractivity contribution < 1.29 is 14.6 Å². The van der Waals surface area contributed by atoms with Crippen LogP contribution in [0.15, 0.2) is 60.7 Å². The van der Waals surface area contributed by atoms with Crippen molar-refractivity contribution in [3.8, 4) is 0 Å². The Bertz CT molecular complexity index is 599. The number of carbonyl (C=O) groups is 1. The first-order valence-electron chi connectivity index (χ1n) is 8.67. The molecule has 0 saturated carbocycles. The van der Waals surface area contributed by atoms with Crippen molar-refractivity contribution in [1.82, 2.24) is 4.90 Å². The third-order valence-electron chi connectivity index (χ3n) is 3.89. The van der Waals surface area contributed by atoms with E-state index in [9.17, 15) is 9.90 Å². The zero-order valence-electron chi connectivity index (χ0n) is 15.0. The fraction of sp³-hybridized carbons (Fsp3) is 0.381. The molecule has 0 aliphatic carbocycles. The summed E-state index contributed by atoms with van der Waals surface area (Å²) in [5.41, 5.74) is 1.20. The van der Waals surface area contributed by atoms with Crippen LogP contribution < -0.4 is 0 Å². The van der Waals surface area contributed by atoms with Crippen molar-refractivity contribution in [3.63, 3.8) is 0 Å². The Labute approximate surface area is 150 Å². The molecule has 1 N–H and O–H groups in total. The zero-order valence-corrected chi connectivity index (χ0v) is 15.0. The van der Waals surface area contributed by atoms with Crippen molar-refractivity contribution in [3.05, 3.63) is 71.8 Å². The van der Waals surface area contributed by atoms with E-state index < -0.39 is 5.60 Å². The van der Waals surface area contributed by atoms with Gasteiger partial charge in [0.2, 0.25) is 0 Å². The highest BCUT2D eigenvalue weighted by atomic mass is 16.5. The number of rotatable bonds is 9. The minimum Gasteiger partial charge on any atom is -0.466 e. The lowest BCUT2D eigenvalue weighted by Gasteiger charge is -2.31. The van der Waals surface area contributed by atoms with Crippen molar-refractivity contribution in [2.45, 2.75) is 39.0 Å². The average Bonchev–Trinajstić information content (AvgIpc) is 2.56. The molecule has 0 amide bonds. The molecule has 4 heteroatoms. The first-order valence-corrected chi connectivity index (χ1v) is 8.67. The van der Waals surface area contributed by atoms with Crippen molar-refractivity contribution in [1.29, 1.82) is 0 Å². The molecule has 0 spiro atoms. The van der Waals surface area contributed by atoms with E-state index in [4.69, 9.17) is 4.74 Å². The molecule has 0 bridgehead atoms. The molecule has 2 rings (SSSR count). The molecule has 1 atom stereocenters. The number of ether oxygens (including phenoxy) is 1. The van der Waals surface area contributed by atoms with Gasteiger partial charge >= 0.3 is 5.97 Å². The number of hydrogen-bond donors (Lipinski definition) is 1. The molecule has 0 aliphatic heterocycles. The van der Waals surface area contributed by atoms with E-state index in [0.29, 0.717) is 26.2 Å². The van der Waals surface area contributed by atoms with Crippen LogP contribution in [-0.4, -0.2) is 34.7 Å². The Kier molecular flexibility index (Phi) is 7.16. The number of aliphatic hydroxyl groups is 1. The van der Waals surface area contributed by atoms with Gasteiger partial charge in [-0.05, 0) is 25.0 Å². The molecule has 0 heterocycles. The van der Waals surface area contributed by atoms with E-state index in [1.54, 1.807) is 13.8 Å². The number of nitrogens with zero attached hydrogens (tertiary/aromatic N) is 1. The van der Waals surface area contributed by atoms with Gasteiger partial charge in [-0.2, -0.15) is 0 Å². The maximum Gasteiger partial charge on any atom is 0.308 e. The molecule has 2 aromatic carbocycles. The van der Waals surface area contributed by atoms with Gasteiger partial charge in [-0.15, -0.1) is 0 Å². The van der Waals surface area contributed by atoms with Gasteiger partial charge in [-0.3, -0.25) is 9.69 Å². The molecule has 0 saturated heterocycles. The Morgan fingerprint density at radius 3 is 1.92 bits per heavy atom. The SMILES string of the molecule is CCOC(=O)CC(C)(O)CN(Cc1ccccc1)Cc1ccccc1. The molecular weight excluding hydrogens is 314 g/mol. The van der Waals surface area contributed by atoms with E-state index in [2.05, 4.69) is 29.2 Å². The summed E-state index contributed by atoms with van der Waals surface area (Å²) in [5, 5.41) is 10.7. The third-order valence-corrected chi connectivity index (χ3v) is 3.89. The monoisotopic (exact) mass is 341 g/mol. The van der Waals surface area contributed by atoms with E-state index in [-0.39, 0.29) is 12.4 Å². The highest BCUT2D eigenvalue weighted by molar-refractivity contribution is 5.70. The summed E-state index contributed by atoms with van der Waals surface area (Å²) in [7, 11) is 0. The topological polar surface area (TPSA) is 49.8 Å². The third kappa shape index (κ3) is 7.08. The standard InChI is InChI=1S/C21H27NO3/c1-3-25-20(23)14-21(2,24)17-22(15-18-10-6-4-7-11-18)16-19-12-8-5-9-13-19/h4-13,24H,3,14-17H2,1-2H3. The molecule has 25 heavy (non-hydrogen) atoms. The summed E-state index contributed by atoms with van der Waals surface area (Å²) in [6.45, 7) is 5.57. The van der Waals surface area contributed by atoms with Gasteiger partial charge in [0.25, 0.3) is 0 Å². The number of hydrogen-bond acceptors (Lipinski definition) is 4.